The highest BCUT2D eigenvalue weighted by Gasteiger charge is 2.09. The Morgan fingerprint density at radius 3 is 2.65 bits per heavy atom. The maximum Gasteiger partial charge on any atom is 0.289 e. The molecule has 108 valence electrons. The van der Waals surface area contributed by atoms with Crippen LogP contribution in [0, 0.1) is 17.0 Å². The highest BCUT2D eigenvalue weighted by Crippen LogP contribution is 2.02. The van der Waals surface area contributed by atoms with Gasteiger partial charge in [-0.3, -0.25) is 0 Å². The van der Waals surface area contributed by atoms with Crippen LogP contribution in [0.1, 0.15) is 30.9 Å². The van der Waals surface area contributed by atoms with E-state index < -0.39 is 5.03 Å². The van der Waals surface area contributed by atoms with Crippen LogP contribution in [0.2, 0.25) is 0 Å². The van der Waals surface area contributed by atoms with E-state index in [1.54, 1.807) is 6.21 Å². The molecule has 7 heteroatoms. The van der Waals surface area contributed by atoms with E-state index in [2.05, 4.69) is 10.2 Å². The van der Waals surface area contributed by atoms with Crippen molar-refractivity contribution < 1.29 is 5.03 Å². The summed E-state index contributed by atoms with van der Waals surface area (Å²) in [6.45, 7) is 4.50. The van der Waals surface area contributed by atoms with Crippen LogP contribution in [0.15, 0.2) is 34.5 Å². The van der Waals surface area contributed by atoms with Crippen LogP contribution in [0.4, 0.5) is 0 Å². The number of rotatable bonds is 6. The second-order valence-electron chi connectivity index (χ2n) is 4.33. The van der Waals surface area contributed by atoms with Crippen molar-refractivity contribution in [3.8, 4) is 0 Å². The van der Waals surface area contributed by atoms with Gasteiger partial charge < -0.3 is 5.73 Å². The zero-order valence-electron chi connectivity index (χ0n) is 11.7. The Hall–Kier alpha value is -2.44. The van der Waals surface area contributed by atoms with Crippen LogP contribution in [0.3, 0.4) is 0 Å². The molecular formula is C13H19N5O2. The van der Waals surface area contributed by atoms with E-state index >= 15 is 0 Å². The van der Waals surface area contributed by atoms with E-state index in [4.69, 9.17) is 5.73 Å². The van der Waals surface area contributed by atoms with Crippen molar-refractivity contribution in [2.45, 2.75) is 26.7 Å². The number of nitrogens with zero attached hydrogens (tertiary/aromatic N) is 4. The monoisotopic (exact) mass is 277 g/mol. The summed E-state index contributed by atoms with van der Waals surface area (Å²) in [5.74, 6) is -0.216. The highest BCUT2D eigenvalue weighted by atomic mass is 16.7. The van der Waals surface area contributed by atoms with Crippen LogP contribution in [0.5, 0.6) is 0 Å². The number of hydrogen-bond acceptors (Lipinski definition) is 3. The smallest absolute Gasteiger partial charge is 0.289 e. The van der Waals surface area contributed by atoms with Gasteiger partial charge in [0, 0.05) is 6.54 Å². The molecule has 0 aromatic heterocycles. The summed E-state index contributed by atoms with van der Waals surface area (Å²) in [5, 5.41) is 18.1. The molecule has 0 amide bonds. The van der Waals surface area contributed by atoms with Gasteiger partial charge in [-0.15, -0.1) is 0 Å². The first-order valence-electron chi connectivity index (χ1n) is 6.39. The van der Waals surface area contributed by atoms with Crippen LogP contribution in [-0.4, -0.2) is 28.8 Å². The molecule has 0 saturated heterocycles. The Bertz CT molecular complexity index is 496. The molecule has 2 N–H and O–H groups in total. The molecule has 0 aliphatic heterocycles. The summed E-state index contributed by atoms with van der Waals surface area (Å²) < 4.78 is 0. The molecule has 0 heterocycles. The van der Waals surface area contributed by atoms with E-state index in [9.17, 15) is 10.1 Å². The van der Waals surface area contributed by atoms with Crippen molar-refractivity contribution in [2.24, 2.45) is 15.9 Å². The van der Waals surface area contributed by atoms with Crippen molar-refractivity contribution in [3.63, 3.8) is 0 Å². The molecule has 0 saturated carbocycles. The number of guanidine groups is 1. The number of hydrazone groups is 2. The van der Waals surface area contributed by atoms with Gasteiger partial charge in [0.2, 0.25) is 0 Å². The summed E-state index contributed by atoms with van der Waals surface area (Å²) in [6, 6.07) is 7.76. The van der Waals surface area contributed by atoms with Crippen molar-refractivity contribution in [3.05, 3.63) is 45.5 Å². The molecule has 7 nitrogen and oxygen atoms in total. The first-order valence-corrected chi connectivity index (χ1v) is 6.39. The first-order chi connectivity index (χ1) is 9.52. The van der Waals surface area contributed by atoms with E-state index in [-0.39, 0.29) is 5.96 Å². The molecule has 0 fully saturated rings. The number of unbranched alkanes of at least 4 members (excludes halogenated alkanes) is 1. The van der Waals surface area contributed by atoms with Gasteiger partial charge in [-0.2, -0.15) is 5.10 Å². The third kappa shape index (κ3) is 5.47. The maximum atomic E-state index is 10.4. The largest absolute Gasteiger partial charge is 0.363 e. The lowest BCUT2D eigenvalue weighted by Gasteiger charge is -2.14. The lowest BCUT2D eigenvalue weighted by molar-refractivity contribution is -0.485. The van der Waals surface area contributed by atoms with E-state index in [0.29, 0.717) is 6.54 Å². The summed E-state index contributed by atoms with van der Waals surface area (Å²) in [7, 11) is 0. The fourth-order valence-electron chi connectivity index (χ4n) is 1.46. The molecular weight excluding hydrogens is 258 g/mol. The topological polar surface area (TPSA) is 97.1 Å². The predicted molar refractivity (Wildman–Crippen MR) is 79.0 cm³/mol. The molecule has 0 aliphatic rings. The van der Waals surface area contributed by atoms with Crippen LogP contribution >= 0.6 is 0 Å². The third-order valence-corrected chi connectivity index (χ3v) is 2.60. The first kappa shape index (κ1) is 15.6. The minimum atomic E-state index is -0.824. The molecule has 0 aliphatic carbocycles. The average molecular weight is 277 g/mol. The molecule has 1 aromatic rings. The van der Waals surface area contributed by atoms with Gasteiger partial charge in [-0.1, -0.05) is 43.2 Å². The quantitative estimate of drug-likeness (QED) is 0.372. The molecule has 0 unspecified atom stereocenters. The lowest BCUT2D eigenvalue weighted by atomic mass is 10.2. The summed E-state index contributed by atoms with van der Waals surface area (Å²) >= 11 is 0. The summed E-state index contributed by atoms with van der Waals surface area (Å²) in [6.07, 6.45) is 3.36. The van der Waals surface area contributed by atoms with Crippen LogP contribution in [-0.2, 0) is 0 Å². The van der Waals surface area contributed by atoms with Crippen molar-refractivity contribution in [1.29, 1.82) is 0 Å². The second kappa shape index (κ2) is 7.88. The van der Waals surface area contributed by atoms with Crippen molar-refractivity contribution >= 4 is 12.2 Å². The second-order valence-corrected chi connectivity index (χ2v) is 4.33. The van der Waals surface area contributed by atoms with Crippen LogP contribution in [0.25, 0.3) is 0 Å². The fourth-order valence-corrected chi connectivity index (χ4v) is 1.46. The third-order valence-electron chi connectivity index (χ3n) is 2.60. The molecule has 0 atom stereocenters. The fraction of sp³-hybridized carbons (Fsp3) is 0.385. The molecule has 20 heavy (non-hydrogen) atoms. The zero-order chi connectivity index (χ0) is 15.0. The van der Waals surface area contributed by atoms with Gasteiger partial charge in [0.15, 0.2) is 5.03 Å². The zero-order valence-corrected chi connectivity index (χ0v) is 11.7. The number of aryl methyl sites for hydroxylation is 1. The normalized spacial score (nSPS) is 11.8. The number of benzene rings is 1. The Labute approximate surface area is 117 Å². The van der Waals surface area contributed by atoms with E-state index in [1.807, 2.05) is 38.1 Å². The van der Waals surface area contributed by atoms with E-state index in [1.165, 1.54) is 5.01 Å². The van der Waals surface area contributed by atoms with E-state index in [0.717, 1.165) is 24.0 Å². The minimum absolute atomic E-state index is 0.216. The average Bonchev–Trinajstić information content (AvgIpc) is 2.40. The Kier molecular flexibility index (Phi) is 6.15. The molecule has 1 rings (SSSR count). The molecule has 0 spiro atoms. The standard InChI is InChI=1S/C13H19N5O2/c1-3-4-9-17(13(14)16-18(19)20)15-10-12-7-5-11(2)6-8-12/h5-8,10H,3-4,9H2,1-2H3,(H2,14,16)/b15-10+. The predicted octanol–water partition coefficient (Wildman–Crippen LogP) is 1.94. The highest BCUT2D eigenvalue weighted by molar-refractivity contribution is 5.82. The van der Waals surface area contributed by atoms with Crippen molar-refractivity contribution in [2.75, 3.05) is 6.54 Å². The Morgan fingerprint density at radius 1 is 1.45 bits per heavy atom. The van der Waals surface area contributed by atoms with Gasteiger partial charge in [-0.25, -0.2) is 15.1 Å². The number of nitro groups is 1. The summed E-state index contributed by atoms with van der Waals surface area (Å²) in [4.78, 5) is 10.4. The number of hydrogen-bond donors (Lipinski definition) is 1. The van der Waals surface area contributed by atoms with Gasteiger partial charge in [0.25, 0.3) is 5.96 Å². The Morgan fingerprint density at radius 2 is 2.10 bits per heavy atom. The summed E-state index contributed by atoms with van der Waals surface area (Å²) in [5.41, 5.74) is 7.62. The Balaban J connectivity index is 2.83. The van der Waals surface area contributed by atoms with Gasteiger partial charge >= 0.3 is 0 Å². The van der Waals surface area contributed by atoms with Crippen LogP contribution < -0.4 is 5.73 Å². The van der Waals surface area contributed by atoms with Gasteiger partial charge in [-0.05, 0) is 18.9 Å². The molecule has 0 bridgehead atoms. The lowest BCUT2D eigenvalue weighted by Crippen LogP contribution is -2.34. The molecule has 0 radical (unpaired) electrons. The van der Waals surface area contributed by atoms with Crippen molar-refractivity contribution in [1.82, 2.24) is 5.01 Å². The maximum absolute atomic E-state index is 10.4. The number of nitrogens with two attached hydrogens (primary N) is 1. The van der Waals surface area contributed by atoms with Gasteiger partial charge in [0.05, 0.1) is 6.21 Å². The van der Waals surface area contributed by atoms with Gasteiger partial charge in [0.1, 0.15) is 5.10 Å². The minimum Gasteiger partial charge on any atom is -0.363 e. The SMILES string of the molecule is CCCCN(/N=C/c1ccc(C)cc1)/C(N)=N/[N+](=O)[O-]. The molecule has 1 aromatic carbocycles.